The van der Waals surface area contributed by atoms with Gasteiger partial charge in [-0.15, -0.1) is 0 Å². The number of aryl methyl sites for hydroxylation is 2. The van der Waals surface area contributed by atoms with Gasteiger partial charge in [0.05, 0.1) is 0 Å². The van der Waals surface area contributed by atoms with E-state index in [0.29, 0.717) is 11.7 Å². The maximum atomic E-state index is 12.6. The van der Waals surface area contributed by atoms with Crippen LogP contribution in [0.25, 0.3) is 0 Å². The van der Waals surface area contributed by atoms with Crippen LogP contribution in [-0.4, -0.2) is 5.78 Å². The number of benzene rings is 2. The van der Waals surface area contributed by atoms with Crippen molar-refractivity contribution in [1.82, 2.24) is 0 Å². The van der Waals surface area contributed by atoms with Crippen molar-refractivity contribution in [2.24, 2.45) is 5.92 Å². The molecule has 2 aromatic carbocycles. The van der Waals surface area contributed by atoms with Crippen molar-refractivity contribution in [3.63, 3.8) is 0 Å². The van der Waals surface area contributed by atoms with Gasteiger partial charge in [-0.25, -0.2) is 0 Å². The topological polar surface area (TPSA) is 17.1 Å². The SMILES string of the molecule is Cc1ccc(C(=O)C2CCC2c2ccc(C)cc2)cc1. The summed E-state index contributed by atoms with van der Waals surface area (Å²) in [5.74, 6) is 0.881. The normalized spacial score (nSPS) is 21.3. The molecular formula is C19H20O. The molecule has 1 nitrogen and oxygen atoms in total. The Kier molecular flexibility index (Phi) is 3.43. The molecule has 0 bridgehead atoms. The van der Waals surface area contributed by atoms with E-state index in [1.807, 2.05) is 31.2 Å². The predicted octanol–water partition coefficient (Wildman–Crippen LogP) is 4.68. The van der Waals surface area contributed by atoms with Gasteiger partial charge >= 0.3 is 0 Å². The summed E-state index contributed by atoms with van der Waals surface area (Å²) in [6.45, 7) is 4.15. The van der Waals surface area contributed by atoms with Gasteiger partial charge in [-0.1, -0.05) is 59.7 Å². The summed E-state index contributed by atoms with van der Waals surface area (Å²) in [6.07, 6.45) is 2.15. The van der Waals surface area contributed by atoms with Crippen LogP contribution in [0.15, 0.2) is 48.5 Å². The molecule has 102 valence electrons. The molecule has 20 heavy (non-hydrogen) atoms. The average molecular weight is 264 g/mol. The zero-order chi connectivity index (χ0) is 14.1. The summed E-state index contributed by atoms with van der Waals surface area (Å²) in [6, 6.07) is 16.6. The molecule has 1 aliphatic rings. The second-order valence-electron chi connectivity index (χ2n) is 5.93. The van der Waals surface area contributed by atoms with Crippen molar-refractivity contribution in [2.75, 3.05) is 0 Å². The standard InChI is InChI=1S/C19H20O/c1-13-3-7-15(8-4-13)17-11-12-18(17)19(20)16-9-5-14(2)6-10-16/h3-10,17-18H,11-12H2,1-2H3. The quantitative estimate of drug-likeness (QED) is 0.736. The third-order valence-corrected chi connectivity index (χ3v) is 4.45. The number of carbonyl (C=O) groups is 1. The van der Waals surface area contributed by atoms with Gasteiger partial charge in [0.15, 0.2) is 5.78 Å². The highest BCUT2D eigenvalue weighted by molar-refractivity contribution is 5.99. The van der Waals surface area contributed by atoms with E-state index in [-0.39, 0.29) is 5.92 Å². The van der Waals surface area contributed by atoms with E-state index in [0.717, 1.165) is 18.4 Å². The van der Waals surface area contributed by atoms with Crippen LogP contribution in [0.3, 0.4) is 0 Å². The Labute approximate surface area is 120 Å². The van der Waals surface area contributed by atoms with Gasteiger partial charge in [-0.3, -0.25) is 4.79 Å². The molecule has 2 aromatic rings. The number of hydrogen-bond acceptors (Lipinski definition) is 1. The molecule has 0 N–H and O–H groups in total. The molecule has 0 spiro atoms. The van der Waals surface area contributed by atoms with Crippen LogP contribution in [0, 0.1) is 19.8 Å². The van der Waals surface area contributed by atoms with Crippen LogP contribution in [0.4, 0.5) is 0 Å². The Morgan fingerprint density at radius 3 is 1.90 bits per heavy atom. The number of Topliss-reactive ketones (excluding diaryl/α,β-unsaturated/α-hetero) is 1. The van der Waals surface area contributed by atoms with Crippen molar-refractivity contribution >= 4 is 5.78 Å². The Morgan fingerprint density at radius 1 is 0.850 bits per heavy atom. The van der Waals surface area contributed by atoms with E-state index >= 15 is 0 Å². The molecule has 1 fully saturated rings. The van der Waals surface area contributed by atoms with Gasteiger partial charge < -0.3 is 0 Å². The molecule has 2 atom stereocenters. The van der Waals surface area contributed by atoms with E-state index in [1.54, 1.807) is 0 Å². The number of carbonyl (C=O) groups excluding carboxylic acids is 1. The zero-order valence-corrected chi connectivity index (χ0v) is 12.1. The van der Waals surface area contributed by atoms with Gasteiger partial charge in [-0.05, 0) is 38.2 Å². The Bertz CT molecular complexity index is 607. The summed E-state index contributed by atoms with van der Waals surface area (Å²) in [4.78, 5) is 12.6. The Morgan fingerprint density at radius 2 is 1.40 bits per heavy atom. The summed E-state index contributed by atoms with van der Waals surface area (Å²) in [5.41, 5.74) is 4.64. The van der Waals surface area contributed by atoms with Gasteiger partial charge in [0.2, 0.25) is 0 Å². The summed E-state index contributed by atoms with van der Waals surface area (Å²) < 4.78 is 0. The first-order valence-corrected chi connectivity index (χ1v) is 7.32. The van der Waals surface area contributed by atoms with Gasteiger partial charge in [-0.2, -0.15) is 0 Å². The van der Waals surface area contributed by atoms with Crippen LogP contribution in [0.1, 0.15) is 45.8 Å². The molecule has 0 radical (unpaired) electrons. The van der Waals surface area contributed by atoms with Crippen molar-refractivity contribution < 1.29 is 4.79 Å². The fourth-order valence-corrected chi connectivity index (χ4v) is 2.96. The van der Waals surface area contributed by atoms with Gasteiger partial charge in [0.25, 0.3) is 0 Å². The summed E-state index contributed by atoms with van der Waals surface area (Å²) >= 11 is 0. The van der Waals surface area contributed by atoms with Crippen LogP contribution in [0.5, 0.6) is 0 Å². The highest BCUT2D eigenvalue weighted by Crippen LogP contribution is 2.44. The van der Waals surface area contributed by atoms with Gasteiger partial charge in [0.1, 0.15) is 0 Å². The number of hydrogen-bond donors (Lipinski definition) is 0. The maximum Gasteiger partial charge on any atom is 0.166 e. The monoisotopic (exact) mass is 264 g/mol. The molecule has 0 saturated heterocycles. The van der Waals surface area contributed by atoms with E-state index in [1.165, 1.54) is 16.7 Å². The van der Waals surface area contributed by atoms with Crippen LogP contribution in [0.2, 0.25) is 0 Å². The molecule has 0 amide bonds. The highest BCUT2D eigenvalue weighted by atomic mass is 16.1. The minimum atomic E-state index is 0.167. The first kappa shape index (κ1) is 13.1. The second kappa shape index (κ2) is 5.24. The fraction of sp³-hybridized carbons (Fsp3) is 0.316. The molecule has 1 aliphatic carbocycles. The number of rotatable bonds is 3. The molecule has 3 rings (SSSR count). The lowest BCUT2D eigenvalue weighted by molar-refractivity contribution is 0.0819. The molecule has 0 heterocycles. The van der Waals surface area contributed by atoms with E-state index in [9.17, 15) is 4.79 Å². The molecular weight excluding hydrogens is 244 g/mol. The van der Waals surface area contributed by atoms with Crippen LogP contribution >= 0.6 is 0 Å². The minimum Gasteiger partial charge on any atom is -0.294 e. The van der Waals surface area contributed by atoms with Crippen molar-refractivity contribution in [2.45, 2.75) is 32.6 Å². The van der Waals surface area contributed by atoms with Crippen molar-refractivity contribution in [3.8, 4) is 0 Å². The zero-order valence-electron chi connectivity index (χ0n) is 12.1. The highest BCUT2D eigenvalue weighted by Gasteiger charge is 2.37. The molecule has 0 aromatic heterocycles. The minimum absolute atomic E-state index is 0.167. The first-order chi connectivity index (χ1) is 9.65. The van der Waals surface area contributed by atoms with Gasteiger partial charge in [0, 0.05) is 11.5 Å². The molecule has 2 unspecified atom stereocenters. The lowest BCUT2D eigenvalue weighted by atomic mass is 9.67. The Balaban J connectivity index is 1.79. The summed E-state index contributed by atoms with van der Waals surface area (Å²) in [7, 11) is 0. The number of ketones is 1. The fourth-order valence-electron chi connectivity index (χ4n) is 2.96. The van der Waals surface area contributed by atoms with Crippen molar-refractivity contribution in [1.29, 1.82) is 0 Å². The largest absolute Gasteiger partial charge is 0.294 e. The lowest BCUT2D eigenvalue weighted by Gasteiger charge is -2.36. The van der Waals surface area contributed by atoms with E-state index < -0.39 is 0 Å². The van der Waals surface area contributed by atoms with E-state index in [4.69, 9.17) is 0 Å². The smallest absolute Gasteiger partial charge is 0.166 e. The van der Waals surface area contributed by atoms with Crippen LogP contribution < -0.4 is 0 Å². The molecule has 1 saturated carbocycles. The predicted molar refractivity (Wildman–Crippen MR) is 82.2 cm³/mol. The molecule has 1 heteroatoms. The van der Waals surface area contributed by atoms with E-state index in [2.05, 4.69) is 31.2 Å². The lowest BCUT2D eigenvalue weighted by Crippen LogP contribution is -2.31. The molecule has 0 aliphatic heterocycles. The second-order valence-corrected chi connectivity index (χ2v) is 5.93. The third kappa shape index (κ3) is 2.40. The van der Waals surface area contributed by atoms with Crippen molar-refractivity contribution in [3.05, 3.63) is 70.8 Å². The first-order valence-electron chi connectivity index (χ1n) is 7.32. The average Bonchev–Trinajstić information content (AvgIpc) is 2.41. The maximum absolute atomic E-state index is 12.6. The summed E-state index contributed by atoms with van der Waals surface area (Å²) in [5, 5.41) is 0. The third-order valence-electron chi connectivity index (χ3n) is 4.45. The van der Waals surface area contributed by atoms with Crippen LogP contribution in [-0.2, 0) is 0 Å². The Hall–Kier alpha value is -1.89.